The minimum Gasteiger partial charge on any atom is -0.469 e. The SMILES string of the molecule is COCCC1(CN=C(NCCc2ccco2)NCC2CCOC2)CCC1.I. The topological polar surface area (TPSA) is 68.0 Å². The zero-order valence-electron chi connectivity index (χ0n) is 16.4. The van der Waals surface area contributed by atoms with Crippen molar-refractivity contribution >= 4 is 29.9 Å². The van der Waals surface area contributed by atoms with Gasteiger partial charge in [-0.1, -0.05) is 6.42 Å². The fourth-order valence-corrected chi connectivity index (χ4v) is 3.65. The van der Waals surface area contributed by atoms with Crippen LogP contribution in [0, 0.1) is 11.3 Å². The van der Waals surface area contributed by atoms with Gasteiger partial charge in [-0.05, 0) is 43.2 Å². The number of ether oxygens (including phenoxy) is 2. The van der Waals surface area contributed by atoms with E-state index in [0.29, 0.717) is 11.3 Å². The molecule has 0 aromatic carbocycles. The van der Waals surface area contributed by atoms with Crippen molar-refractivity contribution in [1.29, 1.82) is 0 Å². The number of rotatable bonds is 10. The van der Waals surface area contributed by atoms with Crippen LogP contribution in [0.25, 0.3) is 0 Å². The summed E-state index contributed by atoms with van der Waals surface area (Å²) in [5.41, 5.74) is 0.335. The molecule has 1 aromatic heterocycles. The van der Waals surface area contributed by atoms with Crippen LogP contribution in [-0.4, -0.2) is 52.5 Å². The summed E-state index contributed by atoms with van der Waals surface area (Å²) in [4.78, 5) is 4.92. The van der Waals surface area contributed by atoms with E-state index in [1.54, 1.807) is 13.4 Å². The summed E-state index contributed by atoms with van der Waals surface area (Å²) in [7, 11) is 1.78. The first-order chi connectivity index (χ1) is 12.8. The van der Waals surface area contributed by atoms with Crippen molar-refractivity contribution in [3.63, 3.8) is 0 Å². The lowest BCUT2D eigenvalue weighted by Gasteiger charge is -2.40. The molecule has 0 radical (unpaired) electrons. The highest BCUT2D eigenvalue weighted by Gasteiger charge is 2.36. The fraction of sp³-hybridized carbons (Fsp3) is 0.750. The lowest BCUT2D eigenvalue weighted by atomic mass is 9.67. The van der Waals surface area contributed by atoms with Crippen LogP contribution in [0.15, 0.2) is 27.8 Å². The molecule has 154 valence electrons. The Labute approximate surface area is 179 Å². The first-order valence-electron chi connectivity index (χ1n) is 9.91. The fourth-order valence-electron chi connectivity index (χ4n) is 3.65. The van der Waals surface area contributed by atoms with Crippen molar-refractivity contribution in [2.75, 3.05) is 46.6 Å². The zero-order valence-corrected chi connectivity index (χ0v) is 18.7. The number of hydrogen-bond donors (Lipinski definition) is 2. The monoisotopic (exact) mass is 491 g/mol. The molecule has 2 heterocycles. The molecule has 1 aromatic rings. The van der Waals surface area contributed by atoms with E-state index < -0.39 is 0 Å². The third-order valence-corrected chi connectivity index (χ3v) is 5.65. The van der Waals surface area contributed by atoms with E-state index in [2.05, 4.69) is 10.6 Å². The van der Waals surface area contributed by atoms with Crippen LogP contribution in [0.1, 0.15) is 37.9 Å². The second-order valence-electron chi connectivity index (χ2n) is 7.63. The number of furan rings is 1. The summed E-state index contributed by atoms with van der Waals surface area (Å²) in [6.07, 6.45) is 8.64. The van der Waals surface area contributed by atoms with Gasteiger partial charge in [0.2, 0.25) is 0 Å². The van der Waals surface area contributed by atoms with Gasteiger partial charge in [-0.15, -0.1) is 24.0 Å². The highest BCUT2D eigenvalue weighted by molar-refractivity contribution is 14.0. The maximum atomic E-state index is 5.48. The molecule has 2 N–H and O–H groups in total. The van der Waals surface area contributed by atoms with Gasteiger partial charge in [0.25, 0.3) is 0 Å². The maximum absolute atomic E-state index is 5.48. The Bertz CT molecular complexity index is 541. The van der Waals surface area contributed by atoms with Gasteiger partial charge >= 0.3 is 0 Å². The van der Waals surface area contributed by atoms with Gasteiger partial charge in [-0.25, -0.2) is 0 Å². The molecule has 2 aliphatic rings. The quantitative estimate of drug-likeness (QED) is 0.299. The van der Waals surface area contributed by atoms with E-state index in [-0.39, 0.29) is 24.0 Å². The average Bonchev–Trinajstić information content (AvgIpc) is 3.31. The second-order valence-corrected chi connectivity index (χ2v) is 7.63. The smallest absolute Gasteiger partial charge is 0.191 e. The third-order valence-electron chi connectivity index (χ3n) is 5.65. The van der Waals surface area contributed by atoms with Crippen LogP contribution in [-0.2, 0) is 15.9 Å². The van der Waals surface area contributed by atoms with E-state index in [4.69, 9.17) is 18.9 Å². The third kappa shape index (κ3) is 7.27. The summed E-state index contributed by atoms with van der Waals surface area (Å²) >= 11 is 0. The number of guanidine groups is 1. The first kappa shape index (κ1) is 22.5. The predicted octanol–water partition coefficient (Wildman–Crippen LogP) is 3.22. The van der Waals surface area contributed by atoms with Crippen LogP contribution in [0.5, 0.6) is 0 Å². The average molecular weight is 491 g/mol. The van der Waals surface area contributed by atoms with E-state index in [1.165, 1.54) is 19.3 Å². The Hall–Kier alpha value is -0.800. The largest absolute Gasteiger partial charge is 0.469 e. The van der Waals surface area contributed by atoms with Gasteiger partial charge in [0.05, 0.1) is 12.9 Å². The van der Waals surface area contributed by atoms with E-state index >= 15 is 0 Å². The van der Waals surface area contributed by atoms with Gasteiger partial charge in [0.1, 0.15) is 5.76 Å². The van der Waals surface area contributed by atoms with E-state index in [0.717, 1.165) is 70.4 Å². The normalized spacial score (nSPS) is 21.4. The number of halogens is 1. The highest BCUT2D eigenvalue weighted by Crippen LogP contribution is 2.44. The molecule has 3 rings (SSSR count). The lowest BCUT2D eigenvalue weighted by Crippen LogP contribution is -2.42. The van der Waals surface area contributed by atoms with Gasteiger partial charge in [0, 0.05) is 52.3 Å². The van der Waals surface area contributed by atoms with Crippen molar-refractivity contribution in [3.05, 3.63) is 24.2 Å². The summed E-state index contributed by atoms with van der Waals surface area (Å²) < 4.78 is 16.2. The predicted molar refractivity (Wildman–Crippen MR) is 118 cm³/mol. The molecular weight excluding hydrogens is 457 g/mol. The van der Waals surface area contributed by atoms with Gasteiger partial charge in [-0.2, -0.15) is 0 Å². The van der Waals surface area contributed by atoms with E-state index in [1.807, 2.05) is 12.1 Å². The molecule has 1 saturated carbocycles. The molecule has 1 aliphatic carbocycles. The van der Waals surface area contributed by atoms with Crippen LogP contribution >= 0.6 is 24.0 Å². The Morgan fingerprint density at radius 1 is 1.37 bits per heavy atom. The maximum Gasteiger partial charge on any atom is 0.191 e. The molecule has 0 bridgehead atoms. The van der Waals surface area contributed by atoms with Gasteiger partial charge in [0.15, 0.2) is 5.96 Å². The summed E-state index contributed by atoms with van der Waals surface area (Å²) in [5, 5.41) is 6.98. The Kier molecular flexibility index (Phi) is 9.92. The van der Waals surface area contributed by atoms with Crippen molar-refractivity contribution in [3.8, 4) is 0 Å². The van der Waals surface area contributed by atoms with Crippen LogP contribution < -0.4 is 10.6 Å². The Morgan fingerprint density at radius 3 is 2.89 bits per heavy atom. The highest BCUT2D eigenvalue weighted by atomic mass is 127. The minimum atomic E-state index is 0. The number of nitrogens with one attached hydrogen (secondary N) is 2. The molecule has 1 saturated heterocycles. The molecular formula is C20H34IN3O3. The first-order valence-corrected chi connectivity index (χ1v) is 9.91. The number of hydrogen-bond acceptors (Lipinski definition) is 4. The van der Waals surface area contributed by atoms with Crippen molar-refractivity contribution in [1.82, 2.24) is 10.6 Å². The molecule has 0 amide bonds. The van der Waals surface area contributed by atoms with Gasteiger partial charge in [-0.3, -0.25) is 4.99 Å². The van der Waals surface area contributed by atoms with E-state index in [9.17, 15) is 0 Å². The molecule has 2 fully saturated rings. The van der Waals surface area contributed by atoms with Crippen molar-refractivity contribution in [2.24, 2.45) is 16.3 Å². The Balaban J connectivity index is 0.00000261. The summed E-state index contributed by atoms with van der Waals surface area (Å²) in [6.45, 7) is 5.15. The number of aliphatic imine (C=N–C) groups is 1. The number of nitrogens with zero attached hydrogens (tertiary/aromatic N) is 1. The lowest BCUT2D eigenvalue weighted by molar-refractivity contribution is 0.0778. The molecule has 7 heteroatoms. The van der Waals surface area contributed by atoms with Gasteiger partial charge < -0.3 is 24.5 Å². The standard InChI is InChI=1S/C20H33N3O3.HI/c1-24-13-9-20(7-3-8-20)16-23-19(22-14-17-6-12-25-15-17)21-10-5-18-4-2-11-26-18;/h2,4,11,17H,3,5-10,12-16H2,1H3,(H2,21,22,23);1H. The zero-order chi connectivity index (χ0) is 18.1. The molecule has 1 atom stereocenters. The van der Waals surface area contributed by atoms with Crippen LogP contribution in [0.2, 0.25) is 0 Å². The summed E-state index contributed by atoms with van der Waals surface area (Å²) in [6, 6.07) is 3.94. The number of methoxy groups -OCH3 is 1. The van der Waals surface area contributed by atoms with Crippen LogP contribution in [0.3, 0.4) is 0 Å². The Morgan fingerprint density at radius 2 is 2.26 bits per heavy atom. The van der Waals surface area contributed by atoms with Crippen LogP contribution in [0.4, 0.5) is 0 Å². The second kappa shape index (κ2) is 11.9. The molecule has 27 heavy (non-hydrogen) atoms. The van der Waals surface area contributed by atoms with Crippen molar-refractivity contribution in [2.45, 2.75) is 38.5 Å². The molecule has 6 nitrogen and oxygen atoms in total. The molecule has 1 aliphatic heterocycles. The summed E-state index contributed by atoms with van der Waals surface area (Å²) in [5.74, 6) is 2.49. The minimum absolute atomic E-state index is 0. The molecule has 1 unspecified atom stereocenters. The molecule has 0 spiro atoms. The van der Waals surface area contributed by atoms with Crippen molar-refractivity contribution < 1.29 is 13.9 Å².